The number of hydrogen-bond acceptors (Lipinski definition) is 4. The van der Waals surface area contributed by atoms with Gasteiger partial charge in [0, 0.05) is 7.11 Å². The Morgan fingerprint density at radius 3 is 2.15 bits per heavy atom. The monoisotopic (exact) mass is 468 g/mol. The fourth-order valence-electron chi connectivity index (χ4n) is 8.93. The van der Waals surface area contributed by atoms with Crippen LogP contribution in [-0.4, -0.2) is 45.3 Å². The summed E-state index contributed by atoms with van der Waals surface area (Å²) in [5.41, 5.74) is -0.314. The summed E-state index contributed by atoms with van der Waals surface area (Å²) >= 11 is 0. The highest BCUT2D eigenvalue weighted by atomic mass is 16.3. The summed E-state index contributed by atoms with van der Waals surface area (Å²) in [5, 5.41) is 39.6. The Bertz CT molecular complexity index is 564. The molecule has 0 aliphatic heterocycles. The number of rotatable bonds is 6. The number of unbranched alkanes of at least 4 members (excludes halogenated alkanes) is 3. The predicted molar refractivity (Wildman–Crippen MR) is 137 cm³/mol. The zero-order chi connectivity index (χ0) is 24.8. The third kappa shape index (κ3) is 5.98. The lowest BCUT2D eigenvalue weighted by Gasteiger charge is -2.58. The molecule has 0 radical (unpaired) electrons. The Labute approximate surface area is 204 Å². The molecule has 4 fully saturated rings. The number of aliphatic hydroxyl groups is 4. The molecule has 0 amide bonds. The van der Waals surface area contributed by atoms with Crippen LogP contribution in [0.4, 0.5) is 0 Å². The van der Waals surface area contributed by atoms with E-state index in [9.17, 15) is 15.3 Å². The Hall–Kier alpha value is -0.160. The van der Waals surface area contributed by atoms with Crippen molar-refractivity contribution in [3.8, 4) is 0 Å². The minimum absolute atomic E-state index is 0.199. The first kappa shape index (κ1) is 29.1. The van der Waals surface area contributed by atoms with Gasteiger partial charge < -0.3 is 20.4 Å². The lowest BCUT2D eigenvalue weighted by molar-refractivity contribution is -0.143. The van der Waals surface area contributed by atoms with Crippen LogP contribution in [0.25, 0.3) is 0 Å². The number of aliphatic hydroxyl groups excluding tert-OH is 3. The Morgan fingerprint density at radius 2 is 1.48 bits per heavy atom. The van der Waals surface area contributed by atoms with Gasteiger partial charge in [0.1, 0.15) is 0 Å². The topological polar surface area (TPSA) is 80.9 Å². The van der Waals surface area contributed by atoms with Gasteiger partial charge >= 0.3 is 0 Å². The van der Waals surface area contributed by atoms with Gasteiger partial charge in [-0.25, -0.2) is 0 Å². The Kier molecular flexibility index (Phi) is 11.2. The second-order valence-electron chi connectivity index (χ2n) is 11.9. The van der Waals surface area contributed by atoms with E-state index < -0.39 is 5.60 Å². The summed E-state index contributed by atoms with van der Waals surface area (Å²) in [5.74, 6) is 3.37. The van der Waals surface area contributed by atoms with Crippen LogP contribution >= 0.6 is 0 Å². The summed E-state index contributed by atoms with van der Waals surface area (Å²) in [6.45, 7) is 10.8. The average Bonchev–Trinajstić information content (AvgIpc) is 3.18. The van der Waals surface area contributed by atoms with E-state index in [0.717, 1.165) is 58.0 Å². The Morgan fingerprint density at radius 1 is 0.818 bits per heavy atom. The quantitative estimate of drug-likeness (QED) is 0.364. The van der Waals surface area contributed by atoms with Gasteiger partial charge in [0.15, 0.2) is 0 Å². The van der Waals surface area contributed by atoms with Crippen molar-refractivity contribution < 1.29 is 20.4 Å². The first-order valence-electron chi connectivity index (χ1n) is 14.3. The van der Waals surface area contributed by atoms with E-state index in [-0.39, 0.29) is 17.6 Å². The highest BCUT2D eigenvalue weighted by Crippen LogP contribution is 2.66. The van der Waals surface area contributed by atoms with Gasteiger partial charge in [-0.3, -0.25) is 0 Å². The van der Waals surface area contributed by atoms with Crippen molar-refractivity contribution in [3.05, 3.63) is 0 Å². The van der Waals surface area contributed by atoms with Gasteiger partial charge in [0.05, 0.1) is 17.8 Å². The lowest BCUT2D eigenvalue weighted by atomic mass is 9.48. The molecule has 4 aliphatic rings. The van der Waals surface area contributed by atoms with Crippen molar-refractivity contribution in [1.82, 2.24) is 0 Å². The van der Waals surface area contributed by atoms with Gasteiger partial charge in [-0.15, -0.1) is 0 Å². The molecule has 10 atom stereocenters. The number of fused-ring (bicyclic) bond motifs is 5. The fourth-order valence-corrected chi connectivity index (χ4v) is 8.93. The normalized spacial score (nSPS) is 43.5. The first-order valence-corrected chi connectivity index (χ1v) is 14.3. The molecule has 196 valence electrons. The van der Waals surface area contributed by atoms with E-state index in [4.69, 9.17) is 5.11 Å². The van der Waals surface area contributed by atoms with E-state index >= 15 is 0 Å². The molecule has 0 spiro atoms. The lowest BCUT2D eigenvalue weighted by Crippen LogP contribution is -2.55. The summed E-state index contributed by atoms with van der Waals surface area (Å²) in [6.07, 6.45) is 14.1. The molecular weight excluding hydrogens is 412 g/mol. The van der Waals surface area contributed by atoms with Crippen molar-refractivity contribution in [2.45, 2.75) is 136 Å². The zero-order valence-corrected chi connectivity index (χ0v) is 22.6. The molecule has 4 nitrogen and oxygen atoms in total. The first-order chi connectivity index (χ1) is 15.8. The van der Waals surface area contributed by atoms with Crippen LogP contribution < -0.4 is 0 Å². The second-order valence-corrected chi connectivity index (χ2v) is 11.9. The van der Waals surface area contributed by atoms with E-state index in [2.05, 4.69) is 20.8 Å². The van der Waals surface area contributed by atoms with Crippen molar-refractivity contribution in [2.24, 2.45) is 40.9 Å². The van der Waals surface area contributed by atoms with Crippen LogP contribution in [0.3, 0.4) is 0 Å². The summed E-state index contributed by atoms with van der Waals surface area (Å²) in [4.78, 5) is 0. The molecule has 4 rings (SSSR count). The minimum atomic E-state index is -0.547. The van der Waals surface area contributed by atoms with E-state index in [1.807, 2.05) is 13.8 Å². The van der Waals surface area contributed by atoms with E-state index in [0.29, 0.717) is 29.6 Å². The molecule has 0 saturated heterocycles. The smallest absolute Gasteiger partial charge is 0.0653 e. The summed E-state index contributed by atoms with van der Waals surface area (Å²) in [6, 6.07) is 0. The molecular formula is C29H56O4. The molecule has 0 aromatic heterocycles. The fraction of sp³-hybridized carbons (Fsp3) is 1.00. The molecule has 7 unspecified atom stereocenters. The second kappa shape index (κ2) is 12.7. The molecule has 0 heterocycles. The Balaban J connectivity index is 0.000000914. The third-order valence-electron chi connectivity index (χ3n) is 10.3. The van der Waals surface area contributed by atoms with Gasteiger partial charge in [0.2, 0.25) is 0 Å². The van der Waals surface area contributed by atoms with Gasteiger partial charge in [0.25, 0.3) is 0 Å². The van der Waals surface area contributed by atoms with Crippen molar-refractivity contribution in [3.63, 3.8) is 0 Å². The van der Waals surface area contributed by atoms with Crippen LogP contribution in [0.5, 0.6) is 0 Å². The van der Waals surface area contributed by atoms with Crippen LogP contribution in [-0.2, 0) is 0 Å². The SMILES string of the molecule is CC.CCCCCC[C@](C)(O)C1CCC2C3C[C@H](O)C4CC(O)CCC4[C@H]3CCC21C.CO. The molecule has 4 N–H and O–H groups in total. The van der Waals surface area contributed by atoms with Crippen LogP contribution in [0.1, 0.15) is 118 Å². The van der Waals surface area contributed by atoms with E-state index in [1.54, 1.807) is 0 Å². The predicted octanol–water partition coefficient (Wildman–Crippen LogP) is 5.94. The van der Waals surface area contributed by atoms with E-state index in [1.165, 1.54) is 38.5 Å². The standard InChI is InChI=1S/C26H46O3.C2H6.CH4O/c1-4-5-6-7-13-26(3,29)24-11-10-22-20-16-23(28)21-15-17(27)8-9-18(21)19(20)12-14-25(22,24)2;2*1-2/h17-24,27-29H,4-16H2,1-3H3;1-2H3;2H,1H3/t17?,18?,19-,20?,21?,22?,23+,24?,25?,26+;;/m1../s1. The maximum atomic E-state index is 11.5. The van der Waals surface area contributed by atoms with Crippen LogP contribution in [0, 0.1) is 40.9 Å². The van der Waals surface area contributed by atoms with Gasteiger partial charge in [-0.05, 0) is 106 Å². The van der Waals surface area contributed by atoms with Crippen molar-refractivity contribution in [1.29, 1.82) is 0 Å². The molecule has 4 aliphatic carbocycles. The molecule has 4 heteroatoms. The highest BCUT2D eigenvalue weighted by Gasteiger charge is 2.61. The molecule has 0 bridgehead atoms. The molecule has 0 aromatic carbocycles. The molecule has 0 aromatic rings. The van der Waals surface area contributed by atoms with Crippen molar-refractivity contribution in [2.75, 3.05) is 7.11 Å². The van der Waals surface area contributed by atoms with Gasteiger partial charge in [-0.1, -0.05) is 53.4 Å². The van der Waals surface area contributed by atoms with Crippen LogP contribution in [0.15, 0.2) is 0 Å². The third-order valence-corrected chi connectivity index (χ3v) is 10.3. The van der Waals surface area contributed by atoms with Gasteiger partial charge in [-0.2, -0.15) is 0 Å². The molecule has 33 heavy (non-hydrogen) atoms. The summed E-state index contributed by atoms with van der Waals surface area (Å²) < 4.78 is 0. The zero-order valence-electron chi connectivity index (χ0n) is 22.6. The minimum Gasteiger partial charge on any atom is -0.400 e. The maximum absolute atomic E-state index is 11.5. The average molecular weight is 469 g/mol. The largest absolute Gasteiger partial charge is 0.400 e. The number of hydrogen-bond donors (Lipinski definition) is 4. The summed E-state index contributed by atoms with van der Waals surface area (Å²) in [7, 11) is 1.00. The molecule has 4 saturated carbocycles. The highest BCUT2D eigenvalue weighted by molar-refractivity contribution is 5.10. The maximum Gasteiger partial charge on any atom is 0.0653 e. The van der Waals surface area contributed by atoms with Crippen molar-refractivity contribution >= 4 is 0 Å². The van der Waals surface area contributed by atoms with Crippen LogP contribution in [0.2, 0.25) is 0 Å².